The molecule has 0 bridgehead atoms. The molecular formula is C14H28N2O2. The van der Waals surface area contributed by atoms with Crippen LogP contribution >= 0.6 is 0 Å². The Hall–Kier alpha value is -0.610. The number of aliphatic hydroxyl groups is 1. The van der Waals surface area contributed by atoms with Gasteiger partial charge in [0.2, 0.25) is 0 Å². The van der Waals surface area contributed by atoms with Crippen molar-refractivity contribution in [3.63, 3.8) is 0 Å². The van der Waals surface area contributed by atoms with Crippen LogP contribution in [0.4, 0.5) is 0 Å². The zero-order chi connectivity index (χ0) is 14.0. The molecule has 0 aromatic heterocycles. The Labute approximate surface area is 111 Å². The van der Waals surface area contributed by atoms with Gasteiger partial charge in [-0.1, -0.05) is 34.6 Å². The third kappa shape index (κ3) is 4.25. The molecule has 2 N–H and O–H groups in total. The van der Waals surface area contributed by atoms with Crippen molar-refractivity contribution in [1.29, 1.82) is 0 Å². The van der Waals surface area contributed by atoms with E-state index in [0.717, 1.165) is 13.0 Å². The first kappa shape index (κ1) is 15.4. The minimum atomic E-state index is -1.21. The number of hydrogen-bond donors (Lipinski definition) is 2. The van der Waals surface area contributed by atoms with Gasteiger partial charge < -0.3 is 15.3 Å². The highest BCUT2D eigenvalue weighted by molar-refractivity contribution is 5.86. The average Bonchev–Trinajstić information content (AvgIpc) is 2.21. The van der Waals surface area contributed by atoms with Gasteiger partial charge in [-0.3, -0.25) is 4.79 Å². The standard InChI is InChI=1S/C14H28N2O2/c1-11(2)15-9-14(18)7-6-8-16(12(14)17)10-13(3,4)5/h11,15,18H,6-10H2,1-5H3/t14-/m0/s1. The number of carbonyl (C=O) groups is 1. The topological polar surface area (TPSA) is 52.6 Å². The number of piperidine rings is 1. The van der Waals surface area contributed by atoms with E-state index in [1.54, 1.807) is 0 Å². The summed E-state index contributed by atoms with van der Waals surface area (Å²) < 4.78 is 0. The van der Waals surface area contributed by atoms with Gasteiger partial charge in [-0.05, 0) is 18.3 Å². The normalized spacial score (nSPS) is 25.9. The molecule has 1 fully saturated rings. The number of rotatable bonds is 4. The van der Waals surface area contributed by atoms with Gasteiger partial charge in [-0.15, -0.1) is 0 Å². The van der Waals surface area contributed by atoms with Crippen LogP contribution in [0.2, 0.25) is 0 Å². The average molecular weight is 256 g/mol. The highest BCUT2D eigenvalue weighted by Gasteiger charge is 2.42. The van der Waals surface area contributed by atoms with Crippen molar-refractivity contribution < 1.29 is 9.90 Å². The first-order valence-corrected chi connectivity index (χ1v) is 6.89. The van der Waals surface area contributed by atoms with Crippen LogP contribution in [0.25, 0.3) is 0 Å². The second-order valence-electron chi connectivity index (χ2n) is 6.96. The van der Waals surface area contributed by atoms with Crippen LogP contribution in [-0.2, 0) is 4.79 Å². The Morgan fingerprint density at radius 1 is 1.44 bits per heavy atom. The van der Waals surface area contributed by atoms with Crippen LogP contribution in [0.15, 0.2) is 0 Å². The van der Waals surface area contributed by atoms with E-state index in [-0.39, 0.29) is 17.4 Å². The lowest BCUT2D eigenvalue weighted by atomic mass is 9.88. The van der Waals surface area contributed by atoms with E-state index in [0.29, 0.717) is 19.5 Å². The van der Waals surface area contributed by atoms with Crippen LogP contribution in [0.1, 0.15) is 47.5 Å². The Bertz CT molecular complexity index is 297. The maximum absolute atomic E-state index is 12.4. The number of likely N-dealkylation sites (tertiary alicyclic amines) is 1. The summed E-state index contributed by atoms with van der Waals surface area (Å²) in [5.41, 5.74) is -1.15. The van der Waals surface area contributed by atoms with Gasteiger partial charge in [-0.25, -0.2) is 0 Å². The summed E-state index contributed by atoms with van der Waals surface area (Å²) in [5, 5.41) is 13.7. The van der Waals surface area contributed by atoms with E-state index < -0.39 is 5.60 Å². The second kappa shape index (κ2) is 5.57. The lowest BCUT2D eigenvalue weighted by Gasteiger charge is -2.41. The van der Waals surface area contributed by atoms with Gasteiger partial charge in [0.25, 0.3) is 5.91 Å². The molecule has 1 aliphatic rings. The molecule has 0 aromatic rings. The van der Waals surface area contributed by atoms with Crippen molar-refractivity contribution in [2.75, 3.05) is 19.6 Å². The van der Waals surface area contributed by atoms with Gasteiger partial charge in [0.1, 0.15) is 0 Å². The molecule has 1 aliphatic heterocycles. The van der Waals surface area contributed by atoms with Crippen molar-refractivity contribution in [2.24, 2.45) is 5.41 Å². The molecule has 106 valence electrons. The van der Waals surface area contributed by atoms with E-state index in [1.807, 2.05) is 18.7 Å². The molecule has 0 aromatic carbocycles. The highest BCUT2D eigenvalue weighted by atomic mass is 16.3. The number of hydrogen-bond acceptors (Lipinski definition) is 3. The van der Waals surface area contributed by atoms with Gasteiger partial charge in [0.15, 0.2) is 5.60 Å². The molecule has 1 rings (SSSR count). The molecular weight excluding hydrogens is 228 g/mol. The molecule has 1 saturated heterocycles. The van der Waals surface area contributed by atoms with E-state index in [4.69, 9.17) is 0 Å². The summed E-state index contributed by atoms with van der Waals surface area (Å²) in [4.78, 5) is 14.2. The molecule has 0 radical (unpaired) electrons. The Balaban J connectivity index is 2.68. The summed E-state index contributed by atoms with van der Waals surface area (Å²) in [6.07, 6.45) is 1.43. The molecule has 1 atom stereocenters. The van der Waals surface area contributed by atoms with Crippen molar-refractivity contribution in [3.8, 4) is 0 Å². The molecule has 1 heterocycles. The third-order valence-corrected chi connectivity index (χ3v) is 3.17. The number of nitrogens with zero attached hydrogens (tertiary/aromatic N) is 1. The second-order valence-corrected chi connectivity index (χ2v) is 6.96. The molecule has 0 spiro atoms. The molecule has 0 saturated carbocycles. The number of nitrogens with one attached hydrogen (secondary N) is 1. The summed E-state index contributed by atoms with van der Waals surface area (Å²) in [6.45, 7) is 12.2. The Morgan fingerprint density at radius 2 is 2.06 bits per heavy atom. The van der Waals surface area contributed by atoms with Crippen LogP contribution < -0.4 is 5.32 Å². The van der Waals surface area contributed by atoms with Crippen molar-refractivity contribution in [1.82, 2.24) is 10.2 Å². The van der Waals surface area contributed by atoms with Crippen LogP contribution in [-0.4, -0.2) is 47.2 Å². The van der Waals surface area contributed by atoms with E-state index in [1.165, 1.54) is 0 Å². The lowest BCUT2D eigenvalue weighted by Crippen LogP contribution is -2.59. The van der Waals surface area contributed by atoms with Gasteiger partial charge in [0.05, 0.1) is 0 Å². The highest BCUT2D eigenvalue weighted by Crippen LogP contribution is 2.25. The van der Waals surface area contributed by atoms with Crippen LogP contribution in [0, 0.1) is 5.41 Å². The first-order valence-electron chi connectivity index (χ1n) is 6.89. The van der Waals surface area contributed by atoms with Crippen molar-refractivity contribution in [2.45, 2.75) is 59.1 Å². The van der Waals surface area contributed by atoms with Crippen LogP contribution in [0.3, 0.4) is 0 Å². The SMILES string of the molecule is CC(C)NC[C@@]1(O)CCCN(CC(C)(C)C)C1=O. The summed E-state index contributed by atoms with van der Waals surface area (Å²) in [7, 11) is 0. The van der Waals surface area contributed by atoms with Crippen molar-refractivity contribution >= 4 is 5.91 Å². The minimum Gasteiger partial charge on any atom is -0.379 e. The van der Waals surface area contributed by atoms with Gasteiger partial charge >= 0.3 is 0 Å². The molecule has 4 nitrogen and oxygen atoms in total. The van der Waals surface area contributed by atoms with Crippen LogP contribution in [0.5, 0.6) is 0 Å². The number of amides is 1. The van der Waals surface area contributed by atoms with E-state index in [9.17, 15) is 9.90 Å². The third-order valence-electron chi connectivity index (χ3n) is 3.17. The summed E-state index contributed by atoms with van der Waals surface area (Å²) in [5.74, 6) is -0.114. The first-order chi connectivity index (χ1) is 8.14. The fourth-order valence-corrected chi connectivity index (χ4v) is 2.33. The predicted molar refractivity (Wildman–Crippen MR) is 73.4 cm³/mol. The fraction of sp³-hybridized carbons (Fsp3) is 0.929. The fourth-order valence-electron chi connectivity index (χ4n) is 2.33. The quantitative estimate of drug-likeness (QED) is 0.799. The lowest BCUT2D eigenvalue weighted by molar-refractivity contribution is -0.158. The minimum absolute atomic E-state index is 0.0688. The molecule has 4 heteroatoms. The summed E-state index contributed by atoms with van der Waals surface area (Å²) in [6, 6.07) is 0.278. The maximum Gasteiger partial charge on any atom is 0.255 e. The van der Waals surface area contributed by atoms with Gasteiger partial charge in [0, 0.05) is 25.7 Å². The van der Waals surface area contributed by atoms with E-state index in [2.05, 4.69) is 26.1 Å². The zero-order valence-electron chi connectivity index (χ0n) is 12.4. The maximum atomic E-state index is 12.4. The zero-order valence-corrected chi connectivity index (χ0v) is 12.4. The van der Waals surface area contributed by atoms with E-state index >= 15 is 0 Å². The molecule has 0 unspecified atom stereocenters. The predicted octanol–water partition coefficient (Wildman–Crippen LogP) is 1.38. The molecule has 0 aliphatic carbocycles. The Morgan fingerprint density at radius 3 is 2.56 bits per heavy atom. The smallest absolute Gasteiger partial charge is 0.255 e. The van der Waals surface area contributed by atoms with Gasteiger partial charge in [-0.2, -0.15) is 0 Å². The molecule has 1 amide bonds. The van der Waals surface area contributed by atoms with Crippen molar-refractivity contribution in [3.05, 3.63) is 0 Å². The summed E-state index contributed by atoms with van der Waals surface area (Å²) >= 11 is 0. The largest absolute Gasteiger partial charge is 0.379 e. The molecule has 18 heavy (non-hydrogen) atoms. The number of carbonyl (C=O) groups excluding carboxylic acids is 1. The monoisotopic (exact) mass is 256 g/mol. The Kier molecular flexibility index (Phi) is 4.78.